The van der Waals surface area contributed by atoms with E-state index < -0.39 is 11.9 Å². The number of rotatable bonds is 3. The van der Waals surface area contributed by atoms with Gasteiger partial charge in [-0.2, -0.15) is 0 Å². The predicted octanol–water partition coefficient (Wildman–Crippen LogP) is 3.06. The molecule has 0 aromatic carbocycles. The van der Waals surface area contributed by atoms with Gasteiger partial charge in [-0.15, -0.1) is 11.3 Å². The van der Waals surface area contributed by atoms with Crippen LogP contribution in [0.2, 0.25) is 5.15 Å². The van der Waals surface area contributed by atoms with Crippen molar-refractivity contribution in [2.45, 2.75) is 6.92 Å². The molecule has 2 aromatic heterocycles. The molecule has 98 valence electrons. The van der Waals surface area contributed by atoms with Crippen molar-refractivity contribution in [2.24, 2.45) is 0 Å². The number of nitrogens with one attached hydrogen (secondary N) is 1. The van der Waals surface area contributed by atoms with Gasteiger partial charge in [-0.1, -0.05) is 17.7 Å². The van der Waals surface area contributed by atoms with E-state index in [-0.39, 0.29) is 15.7 Å². The van der Waals surface area contributed by atoms with E-state index in [1.54, 1.807) is 24.4 Å². The van der Waals surface area contributed by atoms with Crippen LogP contribution in [-0.2, 0) is 0 Å². The molecule has 0 unspecified atom stereocenters. The van der Waals surface area contributed by atoms with Crippen molar-refractivity contribution in [3.63, 3.8) is 0 Å². The molecule has 0 aliphatic heterocycles. The Balaban J connectivity index is 2.29. The third-order valence-electron chi connectivity index (χ3n) is 2.36. The average molecular weight is 297 g/mol. The normalized spacial score (nSPS) is 10.2. The first-order valence-corrected chi connectivity index (χ1v) is 6.50. The number of hydrogen-bond acceptors (Lipinski definition) is 4. The summed E-state index contributed by atoms with van der Waals surface area (Å²) in [6.45, 7) is 1.73. The molecule has 0 bridgehead atoms. The number of hydrogen-bond donors (Lipinski definition) is 2. The van der Waals surface area contributed by atoms with Gasteiger partial charge in [0.25, 0.3) is 5.91 Å². The van der Waals surface area contributed by atoms with E-state index in [4.69, 9.17) is 16.7 Å². The zero-order valence-corrected chi connectivity index (χ0v) is 11.4. The van der Waals surface area contributed by atoms with Crippen LogP contribution in [0.1, 0.15) is 25.7 Å². The average Bonchev–Trinajstić information content (AvgIpc) is 2.71. The van der Waals surface area contributed by atoms with Crippen molar-refractivity contribution in [3.8, 4) is 0 Å². The first-order chi connectivity index (χ1) is 8.99. The maximum Gasteiger partial charge on any atom is 0.348 e. The second-order valence-corrected chi connectivity index (χ2v) is 4.99. The highest BCUT2D eigenvalue weighted by atomic mass is 35.5. The topological polar surface area (TPSA) is 79.3 Å². The summed E-state index contributed by atoms with van der Waals surface area (Å²) >= 11 is 6.76. The lowest BCUT2D eigenvalue weighted by atomic mass is 10.2. The maximum absolute atomic E-state index is 12.0. The van der Waals surface area contributed by atoms with Gasteiger partial charge in [0, 0.05) is 0 Å². The molecule has 2 heterocycles. The van der Waals surface area contributed by atoms with Crippen LogP contribution in [0, 0.1) is 6.92 Å². The fraction of sp³-hybridized carbons (Fsp3) is 0.0833. The van der Waals surface area contributed by atoms with Gasteiger partial charge in [0.2, 0.25) is 0 Å². The number of thiophene rings is 1. The van der Waals surface area contributed by atoms with E-state index in [9.17, 15) is 9.59 Å². The predicted molar refractivity (Wildman–Crippen MR) is 73.2 cm³/mol. The fourth-order valence-corrected chi connectivity index (χ4v) is 2.48. The number of anilines is 1. The largest absolute Gasteiger partial charge is 0.477 e. The van der Waals surface area contributed by atoms with E-state index in [1.807, 2.05) is 0 Å². The number of carboxylic acids is 1. The summed E-state index contributed by atoms with van der Waals surface area (Å²) in [4.78, 5) is 27.0. The van der Waals surface area contributed by atoms with Gasteiger partial charge < -0.3 is 10.4 Å². The van der Waals surface area contributed by atoms with Crippen molar-refractivity contribution in [2.75, 3.05) is 5.32 Å². The third kappa shape index (κ3) is 2.91. The minimum atomic E-state index is -1.08. The SMILES string of the molecule is Cc1csc(C(=O)O)c1NC(=O)c1cccc(Cl)n1. The summed E-state index contributed by atoms with van der Waals surface area (Å²) in [5.41, 5.74) is 1.12. The molecule has 5 nitrogen and oxygen atoms in total. The first-order valence-electron chi connectivity index (χ1n) is 5.24. The van der Waals surface area contributed by atoms with Gasteiger partial charge in [-0.3, -0.25) is 4.79 Å². The Morgan fingerprint density at radius 1 is 1.42 bits per heavy atom. The molecule has 0 saturated carbocycles. The lowest BCUT2D eigenvalue weighted by molar-refractivity contribution is 0.0703. The minimum Gasteiger partial charge on any atom is -0.477 e. The van der Waals surface area contributed by atoms with Gasteiger partial charge in [0.15, 0.2) is 0 Å². The molecule has 2 N–H and O–H groups in total. The van der Waals surface area contributed by atoms with Crippen molar-refractivity contribution in [3.05, 3.63) is 44.9 Å². The highest BCUT2D eigenvalue weighted by Crippen LogP contribution is 2.27. The van der Waals surface area contributed by atoms with Crippen LogP contribution in [0.25, 0.3) is 0 Å². The monoisotopic (exact) mass is 296 g/mol. The lowest BCUT2D eigenvalue weighted by Crippen LogP contribution is -2.15. The van der Waals surface area contributed by atoms with Gasteiger partial charge in [-0.05, 0) is 30.0 Å². The molecule has 0 radical (unpaired) electrons. The second kappa shape index (κ2) is 5.38. The van der Waals surface area contributed by atoms with Crippen LogP contribution in [0.5, 0.6) is 0 Å². The third-order valence-corrected chi connectivity index (χ3v) is 3.65. The van der Waals surface area contributed by atoms with Crippen molar-refractivity contribution in [1.82, 2.24) is 4.98 Å². The van der Waals surface area contributed by atoms with Gasteiger partial charge >= 0.3 is 5.97 Å². The summed E-state index contributed by atoms with van der Waals surface area (Å²) < 4.78 is 0. The molecule has 19 heavy (non-hydrogen) atoms. The quantitative estimate of drug-likeness (QED) is 0.853. The number of aromatic carboxylic acids is 1. The molecule has 1 amide bonds. The Morgan fingerprint density at radius 3 is 2.79 bits per heavy atom. The number of nitrogens with zero attached hydrogens (tertiary/aromatic N) is 1. The Labute approximate surface area is 117 Å². The molecule has 0 saturated heterocycles. The molecule has 0 aliphatic rings. The molecule has 0 aliphatic carbocycles. The maximum atomic E-state index is 12.0. The summed E-state index contributed by atoms with van der Waals surface area (Å²) in [6.07, 6.45) is 0. The van der Waals surface area contributed by atoms with Crippen LogP contribution in [-0.4, -0.2) is 22.0 Å². The Hall–Kier alpha value is -1.92. The standard InChI is InChI=1S/C12H9ClN2O3S/c1-6-5-19-10(12(17)18)9(6)15-11(16)7-3-2-4-8(13)14-7/h2-5H,1H3,(H,15,16)(H,17,18). The minimum absolute atomic E-state index is 0.0906. The van der Waals surface area contributed by atoms with Crippen molar-refractivity contribution >= 4 is 40.5 Å². The lowest BCUT2D eigenvalue weighted by Gasteiger charge is -2.05. The van der Waals surface area contributed by atoms with Gasteiger partial charge in [-0.25, -0.2) is 9.78 Å². The zero-order valence-electron chi connectivity index (χ0n) is 9.81. The number of pyridine rings is 1. The fourth-order valence-electron chi connectivity index (χ4n) is 1.47. The van der Waals surface area contributed by atoms with Crippen LogP contribution >= 0.6 is 22.9 Å². The number of halogens is 1. The van der Waals surface area contributed by atoms with Crippen LogP contribution in [0.4, 0.5) is 5.69 Å². The van der Waals surface area contributed by atoms with E-state index in [2.05, 4.69) is 10.3 Å². The highest BCUT2D eigenvalue weighted by molar-refractivity contribution is 7.12. The molecule has 2 rings (SSSR count). The molecule has 0 atom stereocenters. The first kappa shape index (κ1) is 13.5. The molecule has 0 spiro atoms. The number of carbonyl (C=O) groups excluding carboxylic acids is 1. The van der Waals surface area contributed by atoms with E-state index in [0.29, 0.717) is 11.3 Å². The smallest absolute Gasteiger partial charge is 0.348 e. The number of carbonyl (C=O) groups is 2. The number of carboxylic acid groups (broad SMARTS) is 1. The summed E-state index contributed by atoms with van der Waals surface area (Å²) in [5.74, 6) is -1.57. The second-order valence-electron chi connectivity index (χ2n) is 3.73. The van der Waals surface area contributed by atoms with Gasteiger partial charge in [0.05, 0.1) is 5.69 Å². The number of aryl methyl sites for hydroxylation is 1. The molecule has 0 fully saturated rings. The number of aromatic nitrogens is 1. The van der Waals surface area contributed by atoms with Crippen LogP contribution in [0.15, 0.2) is 23.6 Å². The molecule has 7 heteroatoms. The van der Waals surface area contributed by atoms with Crippen LogP contribution in [0.3, 0.4) is 0 Å². The Morgan fingerprint density at radius 2 is 2.16 bits per heavy atom. The molecule has 2 aromatic rings. The molecular formula is C12H9ClN2O3S. The van der Waals surface area contributed by atoms with Crippen LogP contribution < -0.4 is 5.32 Å². The summed E-state index contributed by atoms with van der Waals surface area (Å²) in [7, 11) is 0. The Bertz CT molecular complexity index is 654. The Kier molecular flexibility index (Phi) is 3.82. The van der Waals surface area contributed by atoms with E-state index in [1.165, 1.54) is 6.07 Å². The number of amides is 1. The zero-order chi connectivity index (χ0) is 14.0. The highest BCUT2D eigenvalue weighted by Gasteiger charge is 2.18. The van der Waals surface area contributed by atoms with Crippen molar-refractivity contribution in [1.29, 1.82) is 0 Å². The van der Waals surface area contributed by atoms with E-state index >= 15 is 0 Å². The summed E-state index contributed by atoms with van der Waals surface area (Å²) in [5, 5.41) is 13.5. The van der Waals surface area contributed by atoms with E-state index in [0.717, 1.165) is 11.3 Å². The van der Waals surface area contributed by atoms with Crippen molar-refractivity contribution < 1.29 is 14.7 Å². The summed E-state index contributed by atoms with van der Waals surface area (Å²) in [6, 6.07) is 4.66. The van der Waals surface area contributed by atoms with Gasteiger partial charge in [0.1, 0.15) is 15.7 Å². The molecular weight excluding hydrogens is 288 g/mol.